The number of rotatable bonds is 4. The molecule has 0 unspecified atom stereocenters. The number of aliphatic imine (C=N–C) groups is 1. The lowest BCUT2D eigenvalue weighted by Crippen LogP contribution is -2.41. The molecule has 0 saturated carbocycles. The van der Waals surface area contributed by atoms with E-state index < -0.39 is 0 Å². The van der Waals surface area contributed by atoms with E-state index in [4.69, 9.17) is 4.74 Å². The summed E-state index contributed by atoms with van der Waals surface area (Å²) >= 11 is 1.51. The number of amides is 1. The molecule has 0 aliphatic carbocycles. The van der Waals surface area contributed by atoms with Crippen molar-refractivity contribution < 1.29 is 9.53 Å². The van der Waals surface area contributed by atoms with Gasteiger partial charge in [0.15, 0.2) is 5.17 Å². The second-order valence-corrected chi connectivity index (χ2v) is 6.37. The number of ether oxygens (including phenoxy) is 1. The number of nitrogens with one attached hydrogen (secondary N) is 1. The molecule has 0 spiro atoms. The van der Waals surface area contributed by atoms with Crippen LogP contribution in [0.4, 0.5) is 0 Å². The quantitative estimate of drug-likeness (QED) is 0.818. The Kier molecular flexibility index (Phi) is 4.82. The number of carbonyl (C=O) groups excluding carboxylic acids is 1. The molecule has 7 heteroatoms. The predicted octanol–water partition coefficient (Wildman–Crippen LogP) is 0.475. The molecule has 1 saturated heterocycles. The van der Waals surface area contributed by atoms with Gasteiger partial charge in [0.1, 0.15) is 0 Å². The van der Waals surface area contributed by atoms with Gasteiger partial charge in [0.05, 0.1) is 18.1 Å². The minimum absolute atomic E-state index is 0.0304. The van der Waals surface area contributed by atoms with Gasteiger partial charge in [-0.15, -0.1) is 0 Å². The van der Waals surface area contributed by atoms with Gasteiger partial charge >= 0.3 is 0 Å². The van der Waals surface area contributed by atoms with Crippen molar-refractivity contribution in [2.24, 2.45) is 4.99 Å². The molecule has 0 atom stereocenters. The Bertz CT molecular complexity index is 472. The summed E-state index contributed by atoms with van der Waals surface area (Å²) in [5, 5.41) is 4.01. The van der Waals surface area contributed by atoms with Gasteiger partial charge in [0, 0.05) is 45.0 Å². The Morgan fingerprint density at radius 3 is 2.95 bits per heavy atom. The Morgan fingerprint density at radius 2 is 2.19 bits per heavy atom. The molecule has 0 aromatic carbocycles. The van der Waals surface area contributed by atoms with Crippen LogP contribution in [-0.2, 0) is 9.53 Å². The van der Waals surface area contributed by atoms with Crippen LogP contribution < -0.4 is 5.32 Å². The van der Waals surface area contributed by atoms with E-state index in [0.29, 0.717) is 6.54 Å². The Balaban J connectivity index is 1.50. The number of hydrogen-bond acceptors (Lipinski definition) is 6. The zero-order valence-electron chi connectivity index (χ0n) is 12.4. The molecule has 1 fully saturated rings. The maximum absolute atomic E-state index is 12.3. The molecule has 3 aliphatic heterocycles. The SMILES string of the molecule is CC1=C(C(=O)NCCN2CCOCC2)SC2=NCCCN21. The Morgan fingerprint density at radius 1 is 1.38 bits per heavy atom. The van der Waals surface area contributed by atoms with Crippen LogP contribution in [0.25, 0.3) is 0 Å². The average molecular weight is 310 g/mol. The third-order valence-corrected chi connectivity index (χ3v) is 5.19. The Hall–Kier alpha value is -1.05. The summed E-state index contributed by atoms with van der Waals surface area (Å²) in [7, 11) is 0. The smallest absolute Gasteiger partial charge is 0.259 e. The predicted molar refractivity (Wildman–Crippen MR) is 84.2 cm³/mol. The van der Waals surface area contributed by atoms with Gasteiger partial charge in [0.2, 0.25) is 0 Å². The first kappa shape index (κ1) is 14.9. The van der Waals surface area contributed by atoms with Crippen molar-refractivity contribution in [1.29, 1.82) is 0 Å². The standard InChI is InChI=1S/C14H22N4O2S/c1-11-12(21-14-16-3-2-5-18(11)14)13(19)15-4-6-17-7-9-20-10-8-17/h2-10H2,1H3,(H,15,19). The van der Waals surface area contributed by atoms with E-state index in [9.17, 15) is 4.79 Å². The third-order valence-electron chi connectivity index (χ3n) is 3.97. The van der Waals surface area contributed by atoms with Crippen molar-refractivity contribution in [1.82, 2.24) is 15.1 Å². The van der Waals surface area contributed by atoms with Gasteiger partial charge in [-0.25, -0.2) is 0 Å². The zero-order valence-corrected chi connectivity index (χ0v) is 13.2. The number of fused-ring (bicyclic) bond motifs is 1. The number of morpholine rings is 1. The molecule has 0 radical (unpaired) electrons. The van der Waals surface area contributed by atoms with Crippen molar-refractivity contribution in [2.75, 3.05) is 52.5 Å². The molecule has 21 heavy (non-hydrogen) atoms. The first-order valence-electron chi connectivity index (χ1n) is 7.55. The highest BCUT2D eigenvalue weighted by Gasteiger charge is 2.31. The Labute approximate surface area is 129 Å². The molecule has 3 rings (SSSR count). The van der Waals surface area contributed by atoms with Crippen molar-refractivity contribution in [2.45, 2.75) is 13.3 Å². The van der Waals surface area contributed by atoms with E-state index in [1.165, 1.54) is 11.8 Å². The summed E-state index contributed by atoms with van der Waals surface area (Å²) in [6.07, 6.45) is 1.06. The number of hydrogen-bond donors (Lipinski definition) is 1. The largest absolute Gasteiger partial charge is 0.379 e. The van der Waals surface area contributed by atoms with Crippen LogP contribution >= 0.6 is 11.8 Å². The lowest BCUT2D eigenvalue weighted by Gasteiger charge is -2.26. The molecule has 6 nitrogen and oxygen atoms in total. The first-order chi connectivity index (χ1) is 10.3. The van der Waals surface area contributed by atoms with E-state index in [0.717, 1.165) is 68.1 Å². The monoisotopic (exact) mass is 310 g/mol. The second kappa shape index (κ2) is 6.81. The van der Waals surface area contributed by atoms with Crippen LogP contribution in [0, 0.1) is 0 Å². The molecule has 3 aliphatic rings. The summed E-state index contributed by atoms with van der Waals surface area (Å²) < 4.78 is 5.32. The van der Waals surface area contributed by atoms with E-state index in [1.807, 2.05) is 6.92 Å². The van der Waals surface area contributed by atoms with Gasteiger partial charge in [-0.1, -0.05) is 0 Å². The molecular weight excluding hydrogens is 288 g/mol. The van der Waals surface area contributed by atoms with Gasteiger partial charge in [-0.3, -0.25) is 14.7 Å². The fourth-order valence-corrected chi connectivity index (χ4v) is 3.81. The molecule has 0 aromatic rings. The summed E-state index contributed by atoms with van der Waals surface area (Å²) in [6.45, 7) is 8.93. The lowest BCUT2D eigenvalue weighted by atomic mass is 10.3. The van der Waals surface area contributed by atoms with Gasteiger partial charge in [-0.2, -0.15) is 0 Å². The van der Waals surface area contributed by atoms with Crippen molar-refractivity contribution in [3.05, 3.63) is 10.6 Å². The normalized spacial score (nSPS) is 23.1. The number of amidine groups is 1. The maximum Gasteiger partial charge on any atom is 0.259 e. The highest BCUT2D eigenvalue weighted by molar-refractivity contribution is 8.18. The molecule has 0 bridgehead atoms. The van der Waals surface area contributed by atoms with Crippen LogP contribution in [0.2, 0.25) is 0 Å². The summed E-state index contributed by atoms with van der Waals surface area (Å²) in [5.74, 6) is 0.0304. The lowest BCUT2D eigenvalue weighted by molar-refractivity contribution is -0.116. The second-order valence-electron chi connectivity index (χ2n) is 5.40. The number of allylic oxidation sites excluding steroid dienone is 1. The molecule has 0 aromatic heterocycles. The van der Waals surface area contributed by atoms with E-state index >= 15 is 0 Å². The minimum Gasteiger partial charge on any atom is -0.379 e. The van der Waals surface area contributed by atoms with Crippen LogP contribution in [0.3, 0.4) is 0 Å². The molecule has 1 N–H and O–H groups in total. The third kappa shape index (κ3) is 3.41. The number of nitrogens with zero attached hydrogens (tertiary/aromatic N) is 3. The van der Waals surface area contributed by atoms with Crippen LogP contribution in [0.1, 0.15) is 13.3 Å². The van der Waals surface area contributed by atoms with Crippen LogP contribution in [-0.4, -0.2) is 73.4 Å². The van der Waals surface area contributed by atoms with Crippen molar-refractivity contribution in [3.63, 3.8) is 0 Å². The van der Waals surface area contributed by atoms with Crippen molar-refractivity contribution >= 4 is 22.8 Å². The molecular formula is C14H22N4O2S. The number of carbonyl (C=O) groups is 1. The zero-order chi connectivity index (χ0) is 14.7. The molecule has 116 valence electrons. The van der Waals surface area contributed by atoms with Crippen LogP contribution in [0.5, 0.6) is 0 Å². The van der Waals surface area contributed by atoms with E-state index in [2.05, 4.69) is 20.1 Å². The summed E-state index contributed by atoms with van der Waals surface area (Å²) in [4.78, 5) is 22.1. The van der Waals surface area contributed by atoms with Gasteiger partial charge in [-0.05, 0) is 25.1 Å². The first-order valence-corrected chi connectivity index (χ1v) is 8.36. The van der Waals surface area contributed by atoms with Crippen LogP contribution in [0.15, 0.2) is 15.6 Å². The minimum atomic E-state index is 0.0304. The van der Waals surface area contributed by atoms with E-state index in [-0.39, 0.29) is 5.91 Å². The van der Waals surface area contributed by atoms with E-state index in [1.54, 1.807) is 0 Å². The molecule has 3 heterocycles. The van der Waals surface area contributed by atoms with Gasteiger partial charge < -0.3 is 15.0 Å². The van der Waals surface area contributed by atoms with Gasteiger partial charge in [0.25, 0.3) is 5.91 Å². The highest BCUT2D eigenvalue weighted by Crippen LogP contribution is 2.35. The fourth-order valence-electron chi connectivity index (χ4n) is 2.71. The maximum atomic E-state index is 12.3. The fraction of sp³-hybridized carbons (Fsp3) is 0.714. The molecule has 1 amide bonds. The summed E-state index contributed by atoms with van der Waals surface area (Å²) in [5.41, 5.74) is 1.04. The average Bonchev–Trinajstić information content (AvgIpc) is 2.86. The summed E-state index contributed by atoms with van der Waals surface area (Å²) in [6, 6.07) is 0. The number of thioether (sulfide) groups is 1. The topological polar surface area (TPSA) is 57.2 Å². The van der Waals surface area contributed by atoms with Crippen molar-refractivity contribution in [3.8, 4) is 0 Å². The highest BCUT2D eigenvalue weighted by atomic mass is 32.2.